The van der Waals surface area contributed by atoms with Gasteiger partial charge < -0.3 is 10.6 Å². The molecule has 2 N–H and O–H groups in total. The largest absolute Gasteiger partial charge is 0.372 e. The van der Waals surface area contributed by atoms with Crippen molar-refractivity contribution in [3.63, 3.8) is 0 Å². The van der Waals surface area contributed by atoms with Crippen molar-refractivity contribution in [3.05, 3.63) is 40.6 Å². The number of benzene rings is 1. The van der Waals surface area contributed by atoms with Gasteiger partial charge in [-0.05, 0) is 25.1 Å². The minimum atomic E-state index is -0.466. The summed E-state index contributed by atoms with van der Waals surface area (Å²) < 4.78 is 0. The number of hydrogen-bond donors (Lipinski definition) is 2. The van der Waals surface area contributed by atoms with Crippen LogP contribution in [0.2, 0.25) is 0 Å². The quantitative estimate of drug-likeness (QED) is 0.653. The number of likely N-dealkylation sites (N-methyl/N-ethyl adjacent to an activating group) is 1. The van der Waals surface area contributed by atoms with Crippen molar-refractivity contribution in [2.24, 2.45) is 0 Å². The Morgan fingerprint density at radius 1 is 1.40 bits per heavy atom. The Balaban J connectivity index is 2.48. The van der Waals surface area contributed by atoms with E-state index in [1.165, 1.54) is 6.07 Å². The van der Waals surface area contributed by atoms with Gasteiger partial charge in [0.1, 0.15) is 11.6 Å². The van der Waals surface area contributed by atoms with E-state index < -0.39 is 11.0 Å². The highest BCUT2D eigenvalue weighted by Gasteiger charge is 2.17. The number of nitrogens with one attached hydrogen (secondary N) is 2. The Morgan fingerprint density at radius 3 is 2.80 bits per heavy atom. The van der Waals surface area contributed by atoms with Gasteiger partial charge >= 0.3 is 0 Å². The first-order valence-electron chi connectivity index (χ1n) is 6.05. The van der Waals surface area contributed by atoms with E-state index in [9.17, 15) is 14.9 Å². The first kappa shape index (κ1) is 13.7. The van der Waals surface area contributed by atoms with E-state index >= 15 is 0 Å². The van der Waals surface area contributed by atoms with Crippen LogP contribution in [0, 0.1) is 10.1 Å². The van der Waals surface area contributed by atoms with Crippen molar-refractivity contribution in [2.75, 3.05) is 12.4 Å². The van der Waals surface area contributed by atoms with E-state index in [1.54, 1.807) is 38.4 Å². The van der Waals surface area contributed by atoms with Crippen LogP contribution in [0.3, 0.4) is 0 Å². The normalized spacial score (nSPS) is 11.9. The number of fused-ring (bicyclic) bond motifs is 1. The number of nitro groups is 1. The van der Waals surface area contributed by atoms with Crippen LogP contribution in [-0.2, 0) is 4.79 Å². The molecule has 0 saturated heterocycles. The fourth-order valence-electron chi connectivity index (χ4n) is 1.95. The third-order valence-electron chi connectivity index (χ3n) is 2.96. The first-order valence-corrected chi connectivity index (χ1v) is 6.05. The van der Waals surface area contributed by atoms with Crippen LogP contribution >= 0.6 is 0 Å². The summed E-state index contributed by atoms with van der Waals surface area (Å²) in [7, 11) is 1.55. The van der Waals surface area contributed by atoms with Crippen molar-refractivity contribution in [2.45, 2.75) is 13.0 Å². The molecular formula is C13H14N4O3. The minimum Gasteiger partial charge on any atom is -0.372 e. The van der Waals surface area contributed by atoms with Gasteiger partial charge in [0.2, 0.25) is 5.91 Å². The van der Waals surface area contributed by atoms with Gasteiger partial charge in [0.05, 0.1) is 16.0 Å². The smallest absolute Gasteiger partial charge is 0.278 e. The fraction of sp³-hybridized carbons (Fsp3) is 0.231. The summed E-state index contributed by atoms with van der Waals surface area (Å²) in [6, 6.07) is 5.78. The lowest BCUT2D eigenvalue weighted by Crippen LogP contribution is -2.35. The Morgan fingerprint density at radius 2 is 2.15 bits per heavy atom. The predicted octanol–water partition coefficient (Wildman–Crippen LogP) is 1.69. The van der Waals surface area contributed by atoms with Crippen LogP contribution in [0.5, 0.6) is 0 Å². The number of carbonyl (C=O) groups excluding carboxylic acids is 1. The van der Waals surface area contributed by atoms with Crippen molar-refractivity contribution in [1.29, 1.82) is 0 Å². The van der Waals surface area contributed by atoms with Gasteiger partial charge in [0.15, 0.2) is 0 Å². The maximum atomic E-state index is 11.5. The van der Waals surface area contributed by atoms with Crippen molar-refractivity contribution in [3.8, 4) is 0 Å². The maximum absolute atomic E-state index is 11.5. The van der Waals surface area contributed by atoms with Crippen molar-refractivity contribution in [1.82, 2.24) is 10.3 Å². The van der Waals surface area contributed by atoms with Crippen LogP contribution in [-0.4, -0.2) is 28.9 Å². The van der Waals surface area contributed by atoms with E-state index in [0.29, 0.717) is 16.6 Å². The summed E-state index contributed by atoms with van der Waals surface area (Å²) >= 11 is 0. The summed E-state index contributed by atoms with van der Waals surface area (Å²) in [5, 5.41) is 17.0. The monoisotopic (exact) mass is 274 g/mol. The lowest BCUT2D eigenvalue weighted by Gasteiger charge is -2.15. The molecule has 1 heterocycles. The second kappa shape index (κ2) is 5.52. The molecule has 7 heteroatoms. The summed E-state index contributed by atoms with van der Waals surface area (Å²) in [6.45, 7) is 1.70. The number of amides is 1. The SMILES string of the molecule is CNC(=O)C(C)Nc1ccc([N+](=O)[O-])c2cccnc12. The van der Waals surface area contributed by atoms with Gasteiger partial charge in [-0.3, -0.25) is 19.9 Å². The van der Waals surface area contributed by atoms with E-state index in [2.05, 4.69) is 15.6 Å². The molecule has 1 unspecified atom stereocenters. The highest BCUT2D eigenvalue weighted by Crippen LogP contribution is 2.29. The van der Waals surface area contributed by atoms with E-state index in [1.807, 2.05) is 0 Å². The van der Waals surface area contributed by atoms with Crippen LogP contribution < -0.4 is 10.6 Å². The summed E-state index contributed by atoms with van der Waals surface area (Å²) in [5.41, 5.74) is 1.05. The first-order chi connectivity index (χ1) is 9.54. The van der Waals surface area contributed by atoms with Gasteiger partial charge in [-0.1, -0.05) is 0 Å². The fourth-order valence-corrected chi connectivity index (χ4v) is 1.95. The molecule has 0 bridgehead atoms. The van der Waals surface area contributed by atoms with E-state index in [0.717, 1.165) is 0 Å². The molecule has 1 atom stereocenters. The number of pyridine rings is 1. The Labute approximate surface area is 115 Å². The topological polar surface area (TPSA) is 97.2 Å². The Bertz CT molecular complexity index is 672. The van der Waals surface area contributed by atoms with Crippen LogP contribution in [0.4, 0.5) is 11.4 Å². The molecule has 0 radical (unpaired) electrons. The van der Waals surface area contributed by atoms with Gasteiger partial charge in [0.25, 0.3) is 5.69 Å². The molecule has 0 spiro atoms. The van der Waals surface area contributed by atoms with Crippen molar-refractivity contribution >= 4 is 28.2 Å². The molecule has 0 aliphatic rings. The third-order valence-corrected chi connectivity index (χ3v) is 2.96. The molecule has 104 valence electrons. The number of nitrogens with zero attached hydrogens (tertiary/aromatic N) is 2. The number of aromatic nitrogens is 1. The average Bonchev–Trinajstić information content (AvgIpc) is 2.46. The number of hydrogen-bond acceptors (Lipinski definition) is 5. The maximum Gasteiger partial charge on any atom is 0.278 e. The van der Waals surface area contributed by atoms with Crippen LogP contribution in [0.25, 0.3) is 10.9 Å². The zero-order valence-corrected chi connectivity index (χ0v) is 11.1. The van der Waals surface area contributed by atoms with E-state index in [4.69, 9.17) is 0 Å². The predicted molar refractivity (Wildman–Crippen MR) is 75.5 cm³/mol. The van der Waals surface area contributed by atoms with Gasteiger partial charge in [-0.15, -0.1) is 0 Å². The molecular weight excluding hydrogens is 260 g/mol. The second-order valence-electron chi connectivity index (χ2n) is 4.27. The average molecular weight is 274 g/mol. The molecule has 2 rings (SSSR count). The molecule has 0 fully saturated rings. The van der Waals surface area contributed by atoms with Crippen LogP contribution in [0.15, 0.2) is 30.5 Å². The van der Waals surface area contributed by atoms with Gasteiger partial charge in [0, 0.05) is 19.3 Å². The zero-order valence-electron chi connectivity index (χ0n) is 11.1. The van der Waals surface area contributed by atoms with Gasteiger partial charge in [-0.2, -0.15) is 0 Å². The van der Waals surface area contributed by atoms with Crippen molar-refractivity contribution < 1.29 is 9.72 Å². The van der Waals surface area contributed by atoms with Crippen LogP contribution in [0.1, 0.15) is 6.92 Å². The Kier molecular flexibility index (Phi) is 3.79. The standard InChI is InChI=1S/C13H14N4O3/c1-8(13(18)14-2)16-10-5-6-11(17(19)20)9-4-3-7-15-12(9)10/h3-8,16H,1-2H3,(H,14,18). The molecule has 20 heavy (non-hydrogen) atoms. The molecule has 0 aliphatic heterocycles. The summed E-state index contributed by atoms with van der Waals surface area (Å²) in [5.74, 6) is -0.174. The molecule has 7 nitrogen and oxygen atoms in total. The number of rotatable bonds is 4. The molecule has 0 aliphatic carbocycles. The molecule has 0 saturated carbocycles. The lowest BCUT2D eigenvalue weighted by atomic mass is 10.1. The molecule has 2 aromatic rings. The lowest BCUT2D eigenvalue weighted by molar-refractivity contribution is -0.383. The van der Waals surface area contributed by atoms with E-state index in [-0.39, 0.29) is 11.6 Å². The number of nitro benzene ring substituents is 1. The Hall–Kier alpha value is -2.70. The number of non-ortho nitro benzene ring substituents is 1. The molecule has 1 amide bonds. The third kappa shape index (κ3) is 2.51. The molecule has 1 aromatic heterocycles. The second-order valence-corrected chi connectivity index (χ2v) is 4.27. The number of carbonyl (C=O) groups is 1. The highest BCUT2D eigenvalue weighted by atomic mass is 16.6. The number of anilines is 1. The molecule has 1 aromatic carbocycles. The van der Waals surface area contributed by atoms with Gasteiger partial charge in [-0.25, -0.2) is 0 Å². The zero-order chi connectivity index (χ0) is 14.7. The highest BCUT2D eigenvalue weighted by molar-refractivity contribution is 5.98. The summed E-state index contributed by atoms with van der Waals surface area (Å²) in [4.78, 5) is 26.2. The minimum absolute atomic E-state index is 0.00811. The summed E-state index contributed by atoms with van der Waals surface area (Å²) in [6.07, 6.45) is 1.56.